The highest BCUT2D eigenvalue weighted by Gasteiger charge is 2.23. The van der Waals surface area contributed by atoms with Crippen LogP contribution in [0.1, 0.15) is 23.5 Å². The van der Waals surface area contributed by atoms with Crippen LogP contribution in [-0.2, 0) is 0 Å². The summed E-state index contributed by atoms with van der Waals surface area (Å²) in [7, 11) is 0. The van der Waals surface area contributed by atoms with Gasteiger partial charge in [-0.25, -0.2) is 0 Å². The van der Waals surface area contributed by atoms with Gasteiger partial charge in [0.15, 0.2) is 0 Å². The summed E-state index contributed by atoms with van der Waals surface area (Å²) in [4.78, 5) is 0. The molecule has 1 aliphatic carbocycles. The topological polar surface area (TPSA) is 0 Å². The van der Waals surface area contributed by atoms with Gasteiger partial charge < -0.3 is 0 Å². The molecule has 0 heterocycles. The van der Waals surface area contributed by atoms with E-state index in [0.29, 0.717) is 5.92 Å². The summed E-state index contributed by atoms with van der Waals surface area (Å²) in [6, 6.07) is 21.4. The van der Waals surface area contributed by atoms with Gasteiger partial charge >= 0.3 is 0 Å². The largest absolute Gasteiger partial charge is 0.0791 e. The first-order valence-electron chi connectivity index (χ1n) is 5.75. The molecular formula is C16H14. The molecule has 78 valence electrons. The van der Waals surface area contributed by atoms with Crippen molar-refractivity contribution in [2.45, 2.75) is 12.3 Å². The van der Waals surface area contributed by atoms with E-state index in [-0.39, 0.29) is 0 Å². The lowest BCUT2D eigenvalue weighted by molar-refractivity contribution is 0.821. The Bertz CT molecular complexity index is 494. The quantitative estimate of drug-likeness (QED) is 0.688. The van der Waals surface area contributed by atoms with Gasteiger partial charge in [-0.15, -0.1) is 0 Å². The zero-order valence-corrected chi connectivity index (χ0v) is 9.14. The van der Waals surface area contributed by atoms with Gasteiger partial charge in [0.05, 0.1) is 0 Å². The Morgan fingerprint density at radius 2 is 1.38 bits per heavy atom. The smallest absolute Gasteiger partial charge is 0.0127 e. The van der Waals surface area contributed by atoms with Gasteiger partial charge in [0, 0.05) is 5.92 Å². The van der Waals surface area contributed by atoms with Crippen LogP contribution in [0, 0.1) is 0 Å². The van der Waals surface area contributed by atoms with Crippen LogP contribution in [-0.4, -0.2) is 0 Å². The lowest BCUT2D eigenvalue weighted by Gasteiger charge is -2.28. The molecule has 0 saturated heterocycles. The molecule has 0 nitrogen and oxygen atoms in total. The third-order valence-corrected chi connectivity index (χ3v) is 3.26. The van der Waals surface area contributed by atoms with Gasteiger partial charge in [0.1, 0.15) is 0 Å². The normalized spacial score (nSPS) is 18.8. The van der Waals surface area contributed by atoms with Crippen LogP contribution in [0.3, 0.4) is 0 Å². The summed E-state index contributed by atoms with van der Waals surface area (Å²) in [6.07, 6.45) is 3.52. The molecule has 16 heavy (non-hydrogen) atoms. The maximum absolute atomic E-state index is 2.34. The Kier molecular flexibility index (Phi) is 2.34. The molecule has 0 bridgehead atoms. The number of hydrogen-bond acceptors (Lipinski definition) is 0. The van der Waals surface area contributed by atoms with E-state index in [2.05, 4.69) is 66.7 Å². The van der Waals surface area contributed by atoms with E-state index >= 15 is 0 Å². The Balaban J connectivity index is 1.91. The number of hydrogen-bond donors (Lipinski definition) is 0. The van der Waals surface area contributed by atoms with Crippen LogP contribution in [0.5, 0.6) is 0 Å². The van der Waals surface area contributed by atoms with Crippen molar-refractivity contribution in [1.82, 2.24) is 0 Å². The van der Waals surface area contributed by atoms with Crippen LogP contribution in [0.15, 0.2) is 66.7 Å². The molecule has 0 aliphatic heterocycles. The second kappa shape index (κ2) is 3.97. The van der Waals surface area contributed by atoms with Crippen LogP contribution in [0.4, 0.5) is 0 Å². The molecule has 0 spiro atoms. The van der Waals surface area contributed by atoms with Crippen molar-refractivity contribution in [3.63, 3.8) is 0 Å². The van der Waals surface area contributed by atoms with Crippen molar-refractivity contribution in [1.29, 1.82) is 0 Å². The molecule has 1 atom stereocenters. The van der Waals surface area contributed by atoms with E-state index < -0.39 is 0 Å². The van der Waals surface area contributed by atoms with Crippen molar-refractivity contribution in [2.75, 3.05) is 0 Å². The fourth-order valence-electron chi connectivity index (χ4n) is 2.30. The van der Waals surface area contributed by atoms with Crippen LogP contribution in [0.25, 0.3) is 5.57 Å². The highest BCUT2D eigenvalue weighted by Crippen LogP contribution is 2.42. The van der Waals surface area contributed by atoms with Crippen molar-refractivity contribution in [3.05, 3.63) is 77.9 Å². The summed E-state index contributed by atoms with van der Waals surface area (Å²) in [6.45, 7) is 0. The highest BCUT2D eigenvalue weighted by molar-refractivity contribution is 5.76. The molecule has 2 aromatic carbocycles. The first-order chi connectivity index (χ1) is 7.95. The van der Waals surface area contributed by atoms with Crippen LogP contribution < -0.4 is 0 Å². The monoisotopic (exact) mass is 206 g/mol. The summed E-state index contributed by atoms with van der Waals surface area (Å²) in [5.41, 5.74) is 4.28. The lowest BCUT2D eigenvalue weighted by Crippen LogP contribution is -2.09. The SMILES string of the molecule is C1=C(c2ccccc2)C(c2ccccc2)C1. The lowest BCUT2D eigenvalue weighted by atomic mass is 9.76. The van der Waals surface area contributed by atoms with Crippen molar-refractivity contribution in [3.8, 4) is 0 Å². The highest BCUT2D eigenvalue weighted by atomic mass is 14.3. The fraction of sp³-hybridized carbons (Fsp3) is 0.125. The Morgan fingerprint density at radius 3 is 1.94 bits per heavy atom. The van der Waals surface area contributed by atoms with E-state index in [4.69, 9.17) is 0 Å². The number of benzene rings is 2. The summed E-state index contributed by atoms with van der Waals surface area (Å²) in [5, 5.41) is 0. The molecular weight excluding hydrogens is 192 g/mol. The number of rotatable bonds is 2. The van der Waals surface area contributed by atoms with Crippen molar-refractivity contribution in [2.24, 2.45) is 0 Å². The second-order valence-electron chi connectivity index (χ2n) is 4.22. The van der Waals surface area contributed by atoms with Gasteiger partial charge in [0.2, 0.25) is 0 Å². The van der Waals surface area contributed by atoms with E-state index in [1.165, 1.54) is 23.1 Å². The van der Waals surface area contributed by atoms with Gasteiger partial charge in [-0.3, -0.25) is 0 Å². The average molecular weight is 206 g/mol. The summed E-state index contributed by atoms with van der Waals surface area (Å²) >= 11 is 0. The maximum Gasteiger partial charge on any atom is 0.0127 e. The number of allylic oxidation sites excluding steroid dienone is 2. The zero-order chi connectivity index (χ0) is 10.8. The van der Waals surface area contributed by atoms with Gasteiger partial charge in [0.25, 0.3) is 0 Å². The van der Waals surface area contributed by atoms with Gasteiger partial charge in [-0.05, 0) is 23.1 Å². The maximum atomic E-state index is 2.34. The Labute approximate surface area is 96.3 Å². The van der Waals surface area contributed by atoms with Crippen LogP contribution >= 0.6 is 0 Å². The van der Waals surface area contributed by atoms with E-state index in [1.807, 2.05) is 0 Å². The Hall–Kier alpha value is -1.82. The third kappa shape index (κ3) is 1.57. The first kappa shape index (κ1) is 9.41. The molecule has 0 amide bonds. The zero-order valence-electron chi connectivity index (χ0n) is 9.14. The molecule has 0 radical (unpaired) electrons. The third-order valence-electron chi connectivity index (χ3n) is 3.26. The second-order valence-corrected chi connectivity index (χ2v) is 4.22. The molecule has 0 heteroatoms. The minimum Gasteiger partial charge on any atom is -0.0791 e. The van der Waals surface area contributed by atoms with Gasteiger partial charge in [-0.2, -0.15) is 0 Å². The van der Waals surface area contributed by atoms with Crippen molar-refractivity contribution >= 4 is 5.57 Å². The van der Waals surface area contributed by atoms with E-state index in [9.17, 15) is 0 Å². The van der Waals surface area contributed by atoms with Crippen LogP contribution in [0.2, 0.25) is 0 Å². The average Bonchev–Trinajstić information content (AvgIpc) is 2.30. The predicted molar refractivity (Wildman–Crippen MR) is 68.2 cm³/mol. The van der Waals surface area contributed by atoms with E-state index in [0.717, 1.165) is 0 Å². The predicted octanol–water partition coefficient (Wildman–Crippen LogP) is 4.26. The molecule has 1 aliphatic rings. The Morgan fingerprint density at radius 1 is 0.750 bits per heavy atom. The van der Waals surface area contributed by atoms with Crippen molar-refractivity contribution < 1.29 is 0 Å². The molecule has 0 aromatic heterocycles. The molecule has 2 aromatic rings. The molecule has 3 rings (SSSR count). The summed E-state index contributed by atoms with van der Waals surface area (Å²) < 4.78 is 0. The minimum atomic E-state index is 0.601. The molecule has 1 unspecified atom stereocenters. The molecule has 0 saturated carbocycles. The standard InChI is InChI=1S/C16H14/c1-3-7-13(8-4-1)15-11-12-16(15)14-9-5-2-6-10-14/h1-11,16H,12H2. The summed E-state index contributed by atoms with van der Waals surface area (Å²) in [5.74, 6) is 0.601. The molecule has 0 N–H and O–H groups in total. The molecule has 0 fully saturated rings. The fourth-order valence-corrected chi connectivity index (χ4v) is 2.30. The minimum absolute atomic E-state index is 0.601. The van der Waals surface area contributed by atoms with Gasteiger partial charge in [-0.1, -0.05) is 66.7 Å². The first-order valence-corrected chi connectivity index (χ1v) is 5.75. The van der Waals surface area contributed by atoms with E-state index in [1.54, 1.807) is 0 Å².